The molecule has 1 aromatic rings. The van der Waals surface area contributed by atoms with Gasteiger partial charge in [0.1, 0.15) is 0 Å². The van der Waals surface area contributed by atoms with E-state index in [4.69, 9.17) is 9.47 Å². The van der Waals surface area contributed by atoms with Crippen LogP contribution >= 0.6 is 13.6 Å². The van der Waals surface area contributed by atoms with E-state index in [1.807, 2.05) is 12.1 Å². The zero-order chi connectivity index (χ0) is 12.4. The van der Waals surface area contributed by atoms with E-state index in [0.29, 0.717) is 5.92 Å². The molecule has 4 heteroatoms. The molecule has 0 aliphatic heterocycles. The van der Waals surface area contributed by atoms with Gasteiger partial charge in [-0.15, -0.1) is 12.1 Å². The molecular formula is C12H17BrO2Zn. The van der Waals surface area contributed by atoms with E-state index in [1.54, 1.807) is 13.2 Å². The summed E-state index contributed by atoms with van der Waals surface area (Å²) in [6.45, 7) is 5.08. The zero-order valence-electron chi connectivity index (χ0n) is 10.1. The van der Waals surface area contributed by atoms with E-state index in [9.17, 15) is 0 Å². The van der Waals surface area contributed by atoms with Crippen LogP contribution in [0.2, 0.25) is 0 Å². The summed E-state index contributed by atoms with van der Waals surface area (Å²) in [7, 11) is 1.64. The van der Waals surface area contributed by atoms with Crippen molar-refractivity contribution >= 4 is 13.6 Å². The van der Waals surface area contributed by atoms with Crippen molar-refractivity contribution in [3.8, 4) is 11.5 Å². The van der Waals surface area contributed by atoms with E-state index >= 15 is 0 Å². The van der Waals surface area contributed by atoms with Gasteiger partial charge < -0.3 is 9.47 Å². The molecule has 0 unspecified atom stereocenters. The van der Waals surface area contributed by atoms with Crippen molar-refractivity contribution in [2.45, 2.75) is 20.3 Å². The van der Waals surface area contributed by atoms with Crippen molar-refractivity contribution in [2.24, 2.45) is 5.92 Å². The van der Waals surface area contributed by atoms with Gasteiger partial charge in [0.05, 0.1) is 19.5 Å². The summed E-state index contributed by atoms with van der Waals surface area (Å²) in [6.07, 6.45) is 1.05. The second-order valence-corrected chi connectivity index (χ2v) is 3.61. The van der Waals surface area contributed by atoms with Crippen LogP contribution in [0, 0.1) is 12.0 Å². The molecule has 1 rings (SSSR count). The van der Waals surface area contributed by atoms with Gasteiger partial charge in [-0.2, -0.15) is 12.1 Å². The van der Waals surface area contributed by atoms with Gasteiger partial charge in [0.15, 0.2) is 0 Å². The van der Waals surface area contributed by atoms with Gasteiger partial charge in [-0.25, -0.2) is 0 Å². The maximum atomic E-state index is 5.58. The van der Waals surface area contributed by atoms with Crippen LogP contribution in [-0.4, -0.2) is 13.7 Å². The van der Waals surface area contributed by atoms with Crippen LogP contribution in [0.25, 0.3) is 0 Å². The van der Waals surface area contributed by atoms with E-state index in [-0.39, 0.29) is 0 Å². The van der Waals surface area contributed by atoms with E-state index in [1.165, 1.54) is 16.3 Å². The standard InChI is InChI=1S/C12H17O2.BrH.Zn/c1-10(2)8-9-14-12-7-5-4-6-11(12)13-3;;/h4,6-7,10H,8-9H2,1-3H3;1H;/q-1;;+2/p-1. The summed E-state index contributed by atoms with van der Waals surface area (Å²) >= 11 is 4.25. The molecule has 1 aromatic carbocycles. The molecule has 0 spiro atoms. The molecule has 0 fully saturated rings. The zero-order valence-corrected chi connectivity index (χ0v) is 14.7. The van der Waals surface area contributed by atoms with Crippen molar-refractivity contribution in [1.82, 2.24) is 0 Å². The molecule has 0 aliphatic carbocycles. The van der Waals surface area contributed by atoms with E-state index in [2.05, 4.69) is 33.5 Å². The Morgan fingerprint density at radius 1 is 1.38 bits per heavy atom. The first kappa shape index (κ1) is 15.9. The summed E-state index contributed by atoms with van der Waals surface area (Å²) in [4.78, 5) is 0. The Bertz CT molecular complexity index is 279. The monoisotopic (exact) mass is 336 g/mol. The Kier molecular flexibility index (Phi) is 10.1. The second kappa shape index (κ2) is 10.1. The number of hydrogen-bond donors (Lipinski definition) is 0. The average Bonchev–Trinajstić information content (AvgIpc) is 2.32. The molecule has 16 heavy (non-hydrogen) atoms. The van der Waals surface area contributed by atoms with Crippen LogP contribution < -0.4 is 9.47 Å². The van der Waals surface area contributed by atoms with Crippen LogP contribution in [0.4, 0.5) is 0 Å². The molecule has 0 saturated carbocycles. The van der Waals surface area contributed by atoms with Gasteiger partial charge in [-0.1, -0.05) is 13.8 Å². The Morgan fingerprint density at radius 2 is 2.06 bits per heavy atom. The summed E-state index contributed by atoms with van der Waals surface area (Å²) < 4.78 is 10.7. The van der Waals surface area contributed by atoms with E-state index < -0.39 is 0 Å². The summed E-state index contributed by atoms with van der Waals surface area (Å²) in [5.41, 5.74) is 0. The molecule has 0 radical (unpaired) electrons. The van der Waals surface area contributed by atoms with Crippen LogP contribution in [0.5, 0.6) is 11.5 Å². The van der Waals surface area contributed by atoms with Gasteiger partial charge in [0, 0.05) is 5.75 Å². The number of methoxy groups -OCH3 is 1. The first-order chi connectivity index (χ1) is 7.74. The summed E-state index contributed by atoms with van der Waals surface area (Å²) in [5.74, 6) is 2.21. The molecule has 0 aliphatic rings. The minimum atomic E-state index is 0.661. The Labute approximate surface area is 115 Å². The quantitative estimate of drug-likeness (QED) is 0.601. The average molecular weight is 339 g/mol. The fraction of sp³-hybridized carbons (Fsp3) is 0.500. The Morgan fingerprint density at radius 3 is 2.62 bits per heavy atom. The first-order valence-electron chi connectivity index (χ1n) is 5.17. The minimum absolute atomic E-state index is 0.661. The number of ether oxygens (including phenoxy) is 2. The van der Waals surface area contributed by atoms with Crippen LogP contribution in [0.3, 0.4) is 0 Å². The van der Waals surface area contributed by atoms with Gasteiger partial charge in [0.2, 0.25) is 0 Å². The number of benzene rings is 1. The molecule has 2 nitrogen and oxygen atoms in total. The number of hydrogen-bond acceptors (Lipinski definition) is 2. The predicted octanol–water partition coefficient (Wildman–Crippen LogP) is 3.76. The van der Waals surface area contributed by atoms with Crippen molar-refractivity contribution in [1.29, 1.82) is 0 Å². The predicted molar refractivity (Wildman–Crippen MR) is 65.7 cm³/mol. The molecule has 0 aromatic heterocycles. The van der Waals surface area contributed by atoms with Crippen LogP contribution in [0.15, 0.2) is 18.2 Å². The third kappa shape index (κ3) is 6.49. The van der Waals surface area contributed by atoms with Crippen molar-refractivity contribution in [3.05, 3.63) is 24.3 Å². The number of rotatable bonds is 5. The van der Waals surface area contributed by atoms with Gasteiger partial charge >= 0.3 is 30.0 Å². The first-order valence-corrected chi connectivity index (χ1v) is 12.1. The van der Waals surface area contributed by atoms with Crippen molar-refractivity contribution in [3.63, 3.8) is 0 Å². The molecule has 0 heterocycles. The normalized spacial score (nSPS) is 9.44. The van der Waals surface area contributed by atoms with E-state index in [0.717, 1.165) is 24.5 Å². The summed E-state index contributed by atoms with van der Waals surface area (Å²) in [5, 5.41) is 0. The third-order valence-corrected chi connectivity index (χ3v) is 1.96. The van der Waals surface area contributed by atoms with Gasteiger partial charge in [-0.3, -0.25) is 0 Å². The van der Waals surface area contributed by atoms with Gasteiger partial charge in [-0.05, 0) is 12.3 Å². The molecule has 0 bridgehead atoms. The van der Waals surface area contributed by atoms with Crippen molar-refractivity contribution < 1.29 is 25.8 Å². The molecular weight excluding hydrogens is 321 g/mol. The number of halogens is 1. The fourth-order valence-electron chi connectivity index (χ4n) is 1.09. The summed E-state index contributed by atoms with van der Waals surface area (Å²) in [6, 6.07) is 8.44. The van der Waals surface area contributed by atoms with Crippen LogP contribution in [0.1, 0.15) is 20.3 Å². The topological polar surface area (TPSA) is 18.5 Å². The van der Waals surface area contributed by atoms with Gasteiger partial charge in [0.25, 0.3) is 0 Å². The van der Waals surface area contributed by atoms with Crippen LogP contribution in [-0.2, 0) is 16.3 Å². The molecule has 0 saturated heterocycles. The molecule has 0 N–H and O–H groups in total. The molecule has 0 atom stereocenters. The third-order valence-electron chi connectivity index (χ3n) is 1.96. The Hall–Kier alpha value is -0.0766. The Balaban J connectivity index is 0.00000106. The fourth-order valence-corrected chi connectivity index (χ4v) is 1.09. The van der Waals surface area contributed by atoms with Crippen molar-refractivity contribution in [2.75, 3.05) is 13.7 Å². The maximum absolute atomic E-state index is 5.58. The molecule has 86 valence electrons. The SMILES string of the molecule is COc1cc[c-]cc1OCCC(C)C.[Zn+][Br]. The molecule has 0 amide bonds. The second-order valence-electron chi connectivity index (χ2n) is 3.61.